The molecule has 0 saturated heterocycles. The zero-order valence-electron chi connectivity index (χ0n) is 12.0. The van der Waals surface area contributed by atoms with Gasteiger partial charge in [-0.3, -0.25) is 0 Å². The van der Waals surface area contributed by atoms with Crippen LogP contribution in [0.4, 0.5) is 11.5 Å². The van der Waals surface area contributed by atoms with Crippen LogP contribution in [0.3, 0.4) is 0 Å². The van der Waals surface area contributed by atoms with E-state index in [1.54, 1.807) is 25.4 Å². The highest BCUT2D eigenvalue weighted by Crippen LogP contribution is 2.24. The summed E-state index contributed by atoms with van der Waals surface area (Å²) in [4.78, 5) is 21.0. The van der Waals surface area contributed by atoms with Gasteiger partial charge in [-0.15, -0.1) is 0 Å². The van der Waals surface area contributed by atoms with Gasteiger partial charge in [-0.05, 0) is 19.1 Å². The van der Waals surface area contributed by atoms with Gasteiger partial charge in [-0.2, -0.15) is 0 Å². The number of halogens is 1. The van der Waals surface area contributed by atoms with Gasteiger partial charge in [0, 0.05) is 13.1 Å². The number of hydrogen-bond acceptors (Lipinski definition) is 5. The molecule has 1 aromatic carbocycles. The number of para-hydroxylation sites is 1. The molecule has 7 heteroatoms. The molecular weight excluding hydrogens is 304 g/mol. The second-order valence-corrected chi connectivity index (χ2v) is 5.10. The van der Waals surface area contributed by atoms with Crippen LogP contribution in [0.1, 0.15) is 17.3 Å². The number of carbonyl (C=O) groups is 1. The van der Waals surface area contributed by atoms with Gasteiger partial charge in [0.25, 0.3) is 0 Å². The summed E-state index contributed by atoms with van der Waals surface area (Å²) < 4.78 is 7.01. The number of ether oxygens (including phenoxy) is 1. The number of nitrogens with one attached hydrogen (secondary N) is 1. The van der Waals surface area contributed by atoms with E-state index in [2.05, 4.69) is 15.3 Å². The molecule has 2 heterocycles. The van der Waals surface area contributed by atoms with Crippen LogP contribution in [0.15, 0.2) is 35.6 Å². The molecule has 1 aliphatic rings. The Kier molecular flexibility index (Phi) is 4.11. The zero-order chi connectivity index (χ0) is 15.5. The Balaban J connectivity index is 2.20. The van der Waals surface area contributed by atoms with Crippen molar-refractivity contribution in [2.45, 2.75) is 13.5 Å². The lowest BCUT2D eigenvalue weighted by molar-refractivity contribution is 0.0524. The second kappa shape index (κ2) is 6.19. The maximum Gasteiger partial charge on any atom is 0.345 e. The Labute approximate surface area is 132 Å². The normalized spacial score (nSPS) is 13.6. The van der Waals surface area contributed by atoms with E-state index in [-0.39, 0.29) is 0 Å². The number of rotatable bonds is 3. The third-order valence-electron chi connectivity index (χ3n) is 3.27. The lowest BCUT2D eigenvalue weighted by atomic mass is 10.3. The summed E-state index contributed by atoms with van der Waals surface area (Å²) in [6.45, 7) is 3.55. The molecule has 0 amide bonds. The Hall–Kier alpha value is -2.34. The monoisotopic (exact) mass is 318 g/mol. The van der Waals surface area contributed by atoms with Gasteiger partial charge >= 0.3 is 5.97 Å². The van der Waals surface area contributed by atoms with Gasteiger partial charge in [0.05, 0.1) is 23.6 Å². The van der Waals surface area contributed by atoms with Gasteiger partial charge < -0.3 is 14.6 Å². The molecule has 0 bridgehead atoms. The molecule has 0 unspecified atom stereocenters. The number of esters is 1. The van der Waals surface area contributed by atoms with E-state index >= 15 is 0 Å². The fourth-order valence-electron chi connectivity index (χ4n) is 2.28. The van der Waals surface area contributed by atoms with Crippen molar-refractivity contribution in [1.82, 2.24) is 9.55 Å². The van der Waals surface area contributed by atoms with Crippen molar-refractivity contribution in [3.63, 3.8) is 0 Å². The average Bonchev–Trinajstić information content (AvgIpc) is 2.98. The third kappa shape index (κ3) is 2.69. The number of aromatic nitrogens is 2. The SMILES string of the molecule is CCOC(=O)c1c2n(cnc1=Nc1ccccc1Cl)CCN2. The van der Waals surface area contributed by atoms with E-state index in [1.807, 2.05) is 16.7 Å². The Morgan fingerprint density at radius 2 is 2.32 bits per heavy atom. The van der Waals surface area contributed by atoms with Crippen molar-refractivity contribution in [3.05, 3.63) is 46.7 Å². The molecule has 0 aliphatic carbocycles. The van der Waals surface area contributed by atoms with Crippen molar-refractivity contribution < 1.29 is 9.53 Å². The van der Waals surface area contributed by atoms with Crippen LogP contribution in [0.2, 0.25) is 5.02 Å². The molecule has 22 heavy (non-hydrogen) atoms. The topological polar surface area (TPSA) is 68.5 Å². The minimum absolute atomic E-state index is 0.290. The summed E-state index contributed by atoms with van der Waals surface area (Å²) >= 11 is 6.13. The zero-order valence-corrected chi connectivity index (χ0v) is 12.8. The Morgan fingerprint density at radius 1 is 1.50 bits per heavy atom. The van der Waals surface area contributed by atoms with Crippen molar-refractivity contribution in [2.24, 2.45) is 4.99 Å². The first-order valence-electron chi connectivity index (χ1n) is 7.00. The van der Waals surface area contributed by atoms with Crippen molar-refractivity contribution in [2.75, 3.05) is 18.5 Å². The first kappa shape index (κ1) is 14.6. The van der Waals surface area contributed by atoms with E-state index in [0.29, 0.717) is 34.2 Å². The fraction of sp³-hybridized carbons (Fsp3) is 0.267. The molecule has 0 saturated carbocycles. The minimum Gasteiger partial charge on any atom is -0.462 e. The Morgan fingerprint density at radius 3 is 3.09 bits per heavy atom. The summed E-state index contributed by atoms with van der Waals surface area (Å²) in [5.41, 5.74) is 1.19. The standard InChI is InChI=1S/C15H15ClN4O2/c1-2-22-15(21)12-13(18-9-20-8-7-17-14(12)20)19-11-6-4-3-5-10(11)16/h3-6,9,17H,2,7-8H2,1H3. The van der Waals surface area contributed by atoms with Gasteiger partial charge in [0.1, 0.15) is 11.4 Å². The van der Waals surface area contributed by atoms with E-state index in [1.165, 1.54) is 0 Å². The third-order valence-corrected chi connectivity index (χ3v) is 3.59. The highest BCUT2D eigenvalue weighted by Gasteiger charge is 2.22. The molecule has 1 aliphatic heterocycles. The van der Waals surface area contributed by atoms with Crippen LogP contribution in [0, 0.1) is 0 Å². The summed E-state index contributed by atoms with van der Waals surface area (Å²) in [7, 11) is 0. The molecule has 1 aromatic heterocycles. The predicted octanol–water partition coefficient (Wildman–Crippen LogP) is 2.37. The van der Waals surface area contributed by atoms with Crippen LogP contribution in [0.5, 0.6) is 0 Å². The molecule has 0 fully saturated rings. The van der Waals surface area contributed by atoms with Crippen molar-refractivity contribution in [1.29, 1.82) is 0 Å². The number of hydrogen-bond donors (Lipinski definition) is 1. The second-order valence-electron chi connectivity index (χ2n) is 4.70. The van der Waals surface area contributed by atoms with Crippen LogP contribution in [0.25, 0.3) is 0 Å². The molecule has 2 aromatic rings. The number of anilines is 1. The van der Waals surface area contributed by atoms with Crippen LogP contribution < -0.4 is 10.8 Å². The van der Waals surface area contributed by atoms with Crippen LogP contribution in [-0.2, 0) is 11.3 Å². The maximum atomic E-state index is 12.3. The van der Waals surface area contributed by atoms with Crippen molar-refractivity contribution in [3.8, 4) is 0 Å². The van der Waals surface area contributed by atoms with Crippen LogP contribution >= 0.6 is 11.6 Å². The number of benzene rings is 1. The smallest absolute Gasteiger partial charge is 0.345 e. The fourth-order valence-corrected chi connectivity index (χ4v) is 2.46. The highest BCUT2D eigenvalue weighted by molar-refractivity contribution is 6.32. The molecule has 0 atom stereocenters. The van der Waals surface area contributed by atoms with E-state index < -0.39 is 5.97 Å². The molecule has 114 valence electrons. The lowest BCUT2D eigenvalue weighted by Gasteiger charge is -2.09. The quantitative estimate of drug-likeness (QED) is 0.882. The summed E-state index contributed by atoms with van der Waals surface area (Å²) in [5, 5.41) is 3.68. The average molecular weight is 319 g/mol. The minimum atomic E-state index is -0.445. The molecular formula is C15H15ClN4O2. The van der Waals surface area contributed by atoms with Gasteiger partial charge in [0.2, 0.25) is 0 Å². The first-order chi connectivity index (χ1) is 10.7. The molecule has 0 spiro atoms. The first-order valence-corrected chi connectivity index (χ1v) is 7.38. The summed E-state index contributed by atoms with van der Waals surface area (Å²) in [6.07, 6.45) is 1.66. The van der Waals surface area contributed by atoms with Gasteiger partial charge in [-0.1, -0.05) is 23.7 Å². The van der Waals surface area contributed by atoms with E-state index in [4.69, 9.17) is 16.3 Å². The molecule has 3 rings (SSSR count). The number of nitrogens with zero attached hydrogens (tertiary/aromatic N) is 3. The molecule has 0 radical (unpaired) electrons. The van der Waals surface area contributed by atoms with Gasteiger partial charge in [0.15, 0.2) is 5.49 Å². The maximum absolute atomic E-state index is 12.3. The van der Waals surface area contributed by atoms with E-state index in [0.717, 1.165) is 13.1 Å². The highest BCUT2D eigenvalue weighted by atomic mass is 35.5. The van der Waals surface area contributed by atoms with Gasteiger partial charge in [-0.25, -0.2) is 14.8 Å². The predicted molar refractivity (Wildman–Crippen MR) is 83.3 cm³/mol. The van der Waals surface area contributed by atoms with E-state index in [9.17, 15) is 4.79 Å². The van der Waals surface area contributed by atoms with Crippen molar-refractivity contribution >= 4 is 29.1 Å². The number of fused-ring (bicyclic) bond motifs is 1. The summed E-state index contributed by atoms with van der Waals surface area (Å²) in [5.74, 6) is 0.235. The molecule has 1 N–H and O–H groups in total. The Bertz CT molecular complexity index is 785. The summed E-state index contributed by atoms with van der Waals surface area (Å²) in [6, 6.07) is 7.16. The van der Waals surface area contributed by atoms with Crippen LogP contribution in [-0.4, -0.2) is 28.7 Å². The lowest BCUT2D eigenvalue weighted by Crippen LogP contribution is -2.24. The molecule has 6 nitrogen and oxygen atoms in total. The largest absolute Gasteiger partial charge is 0.462 e. The number of carbonyl (C=O) groups excluding carboxylic acids is 1.